The normalized spacial score (nSPS) is 17.1. The van der Waals surface area contributed by atoms with Crippen molar-refractivity contribution >= 4 is 27.3 Å². The minimum absolute atomic E-state index is 0.0174. The summed E-state index contributed by atoms with van der Waals surface area (Å²) in [6.45, 7) is 0. The molecule has 6 aromatic carbocycles. The first-order chi connectivity index (χ1) is 17.9. The topological polar surface area (TPSA) is 12.4 Å². The van der Waals surface area contributed by atoms with E-state index in [4.69, 9.17) is 4.99 Å². The maximum Gasteiger partial charge on any atom is 0.0865 e. The molecule has 1 nitrogen and oxygen atoms in total. The third-order valence-electron chi connectivity index (χ3n) is 7.46. The molecule has 0 N–H and O–H groups in total. The smallest absolute Gasteiger partial charge is 0.0865 e. The molecule has 2 unspecified atom stereocenters. The highest BCUT2D eigenvalue weighted by Crippen LogP contribution is 2.47. The largest absolute Gasteiger partial charge is 0.275 e. The summed E-state index contributed by atoms with van der Waals surface area (Å²) < 4.78 is 0. The molecule has 0 radical (unpaired) electrons. The van der Waals surface area contributed by atoms with Gasteiger partial charge in [0.2, 0.25) is 0 Å². The van der Waals surface area contributed by atoms with Crippen LogP contribution in [0, 0.1) is 0 Å². The van der Waals surface area contributed by atoms with E-state index in [1.807, 2.05) is 0 Å². The summed E-state index contributed by atoms with van der Waals surface area (Å²) in [5.74, 6) is 0.131. The average Bonchev–Trinajstić information content (AvgIpc) is 2.97. The second-order valence-corrected chi connectivity index (χ2v) is 9.50. The molecule has 1 heterocycles. The van der Waals surface area contributed by atoms with Crippen molar-refractivity contribution in [3.63, 3.8) is 0 Å². The average molecular weight is 460 g/mol. The summed E-state index contributed by atoms with van der Waals surface area (Å²) in [5.41, 5.74) is 7.40. The molecule has 36 heavy (non-hydrogen) atoms. The fraction of sp³-hybridized carbons (Fsp3) is 0.0571. The third kappa shape index (κ3) is 3.36. The fourth-order valence-electron chi connectivity index (χ4n) is 5.84. The molecule has 1 aliphatic heterocycles. The molecule has 6 aromatic rings. The SMILES string of the molecule is c1ccc(C2N=C(c3cccc4ccccc34)c3c(ccc4ccccc34)C2c2ccccc2)cc1. The lowest BCUT2D eigenvalue weighted by Gasteiger charge is -2.34. The Morgan fingerprint density at radius 2 is 1.03 bits per heavy atom. The summed E-state index contributed by atoms with van der Waals surface area (Å²) in [6, 6.07) is 50.2. The summed E-state index contributed by atoms with van der Waals surface area (Å²) in [6.07, 6.45) is 0. The van der Waals surface area contributed by atoms with E-state index in [9.17, 15) is 0 Å². The van der Waals surface area contributed by atoms with E-state index in [1.54, 1.807) is 0 Å². The van der Waals surface area contributed by atoms with Crippen LogP contribution in [-0.2, 0) is 0 Å². The van der Waals surface area contributed by atoms with Crippen molar-refractivity contribution in [3.05, 3.63) is 167 Å². The Bertz CT molecular complexity index is 1730. The van der Waals surface area contributed by atoms with E-state index >= 15 is 0 Å². The number of hydrogen-bond acceptors (Lipinski definition) is 1. The van der Waals surface area contributed by atoms with Gasteiger partial charge in [-0.2, -0.15) is 0 Å². The predicted octanol–water partition coefficient (Wildman–Crippen LogP) is 8.72. The van der Waals surface area contributed by atoms with Crippen molar-refractivity contribution in [1.82, 2.24) is 0 Å². The van der Waals surface area contributed by atoms with E-state index in [2.05, 4.69) is 140 Å². The van der Waals surface area contributed by atoms with E-state index in [0.29, 0.717) is 0 Å². The van der Waals surface area contributed by atoms with Crippen molar-refractivity contribution in [1.29, 1.82) is 0 Å². The van der Waals surface area contributed by atoms with Gasteiger partial charge >= 0.3 is 0 Å². The summed E-state index contributed by atoms with van der Waals surface area (Å²) in [5, 5.41) is 4.98. The van der Waals surface area contributed by atoms with Gasteiger partial charge in [0.05, 0.1) is 11.8 Å². The highest BCUT2D eigenvalue weighted by Gasteiger charge is 2.35. The molecule has 1 aliphatic rings. The van der Waals surface area contributed by atoms with Gasteiger partial charge in [-0.3, -0.25) is 4.99 Å². The van der Waals surface area contributed by atoms with Gasteiger partial charge in [-0.25, -0.2) is 0 Å². The predicted molar refractivity (Wildman–Crippen MR) is 151 cm³/mol. The van der Waals surface area contributed by atoms with Crippen molar-refractivity contribution in [2.75, 3.05) is 0 Å². The Morgan fingerprint density at radius 1 is 0.444 bits per heavy atom. The lowest BCUT2D eigenvalue weighted by molar-refractivity contribution is 0.623. The highest BCUT2D eigenvalue weighted by molar-refractivity contribution is 6.25. The Balaban J connectivity index is 1.60. The molecule has 0 saturated carbocycles. The Morgan fingerprint density at radius 3 is 1.78 bits per heavy atom. The van der Waals surface area contributed by atoms with Gasteiger partial charge in [0.1, 0.15) is 0 Å². The first-order valence-corrected chi connectivity index (χ1v) is 12.6. The monoisotopic (exact) mass is 459 g/mol. The number of hydrogen-bond donors (Lipinski definition) is 0. The zero-order valence-electron chi connectivity index (χ0n) is 19.9. The molecule has 0 saturated heterocycles. The van der Waals surface area contributed by atoms with E-state index in [0.717, 1.165) is 5.71 Å². The standard InChI is InChI=1S/C35H25N/c1-3-14-26(15-4-1)32-31-23-22-25-13-8-10-20-29(25)33(31)35(36-34(32)27-16-5-2-6-17-27)30-21-11-18-24-12-7-9-19-28(24)30/h1-23,32,34H. The molecular formula is C35H25N. The quantitative estimate of drug-likeness (QED) is 0.251. The van der Waals surface area contributed by atoms with Crippen LogP contribution in [0.5, 0.6) is 0 Å². The van der Waals surface area contributed by atoms with Crippen LogP contribution in [-0.4, -0.2) is 5.71 Å². The molecule has 7 rings (SSSR count). The Labute approximate surface area is 211 Å². The molecule has 0 amide bonds. The number of aliphatic imine (C=N–C) groups is 1. The van der Waals surface area contributed by atoms with Crippen molar-refractivity contribution in [3.8, 4) is 0 Å². The van der Waals surface area contributed by atoms with Gasteiger partial charge < -0.3 is 0 Å². The molecular weight excluding hydrogens is 434 g/mol. The number of nitrogens with zero attached hydrogens (tertiary/aromatic N) is 1. The number of fused-ring (bicyclic) bond motifs is 4. The van der Waals surface area contributed by atoms with Crippen molar-refractivity contribution in [2.45, 2.75) is 12.0 Å². The first kappa shape index (κ1) is 20.8. The maximum absolute atomic E-state index is 5.64. The van der Waals surface area contributed by atoms with E-state index in [1.165, 1.54) is 49.4 Å². The zero-order chi connectivity index (χ0) is 23.9. The lowest BCUT2D eigenvalue weighted by atomic mass is 9.74. The van der Waals surface area contributed by atoms with Crippen LogP contribution in [0.25, 0.3) is 21.5 Å². The van der Waals surface area contributed by atoms with Gasteiger partial charge in [0.15, 0.2) is 0 Å². The zero-order valence-corrected chi connectivity index (χ0v) is 19.9. The van der Waals surface area contributed by atoms with Gasteiger partial charge in [-0.05, 0) is 38.2 Å². The van der Waals surface area contributed by atoms with Crippen LogP contribution in [0.1, 0.15) is 39.8 Å². The minimum atomic E-state index is -0.0174. The first-order valence-electron chi connectivity index (χ1n) is 12.6. The number of rotatable bonds is 3. The maximum atomic E-state index is 5.64. The Hall–Kier alpha value is -4.49. The van der Waals surface area contributed by atoms with E-state index < -0.39 is 0 Å². The van der Waals surface area contributed by atoms with Crippen LogP contribution in [0.4, 0.5) is 0 Å². The molecule has 0 spiro atoms. The highest BCUT2D eigenvalue weighted by atomic mass is 14.8. The Kier molecular flexibility index (Phi) is 4.99. The van der Waals surface area contributed by atoms with Crippen molar-refractivity contribution < 1.29 is 0 Å². The summed E-state index contributed by atoms with van der Waals surface area (Å²) in [7, 11) is 0. The lowest BCUT2D eigenvalue weighted by Crippen LogP contribution is -2.23. The van der Waals surface area contributed by atoms with Gasteiger partial charge in [-0.1, -0.05) is 140 Å². The van der Waals surface area contributed by atoms with Gasteiger partial charge in [0, 0.05) is 17.0 Å². The molecule has 1 heteroatoms. The van der Waals surface area contributed by atoms with E-state index in [-0.39, 0.29) is 12.0 Å². The van der Waals surface area contributed by atoms with Crippen LogP contribution in [0.3, 0.4) is 0 Å². The fourth-order valence-corrected chi connectivity index (χ4v) is 5.84. The second kappa shape index (κ2) is 8.62. The molecule has 170 valence electrons. The molecule has 0 fully saturated rings. The number of benzene rings is 6. The van der Waals surface area contributed by atoms with Crippen LogP contribution in [0.15, 0.2) is 145 Å². The van der Waals surface area contributed by atoms with Gasteiger partial charge in [-0.15, -0.1) is 0 Å². The molecule has 0 bridgehead atoms. The summed E-state index contributed by atoms with van der Waals surface area (Å²) in [4.78, 5) is 5.64. The van der Waals surface area contributed by atoms with Crippen LogP contribution in [0.2, 0.25) is 0 Å². The van der Waals surface area contributed by atoms with Crippen LogP contribution < -0.4 is 0 Å². The van der Waals surface area contributed by atoms with Gasteiger partial charge in [0.25, 0.3) is 0 Å². The molecule has 0 aromatic heterocycles. The van der Waals surface area contributed by atoms with Crippen molar-refractivity contribution in [2.24, 2.45) is 4.99 Å². The van der Waals surface area contributed by atoms with Crippen LogP contribution >= 0.6 is 0 Å². The molecule has 2 atom stereocenters. The molecule has 0 aliphatic carbocycles. The summed E-state index contributed by atoms with van der Waals surface area (Å²) >= 11 is 0. The second-order valence-electron chi connectivity index (χ2n) is 9.50. The minimum Gasteiger partial charge on any atom is -0.275 e. The third-order valence-corrected chi connectivity index (χ3v) is 7.46.